The minimum atomic E-state index is -0.746. The number of rotatable bonds is 9. The number of hydrogen-bond acceptors (Lipinski definition) is 7. The standard InChI is InChI=1S/C22H18ClFN2O6S/c23-15-5-7-16(8-6-15)31-13-20(28)32-12-19(27)25-9-10-26-21(29)18(33-22(26)30)11-14-3-1-2-4-17(14)24/h1-8,11H,9-10,12-13H2,(H,25,27). The van der Waals surface area contributed by atoms with Crippen molar-refractivity contribution >= 4 is 52.5 Å². The van der Waals surface area contributed by atoms with Crippen LogP contribution in [0.1, 0.15) is 5.56 Å². The molecule has 1 saturated heterocycles. The molecule has 8 nitrogen and oxygen atoms in total. The topological polar surface area (TPSA) is 102 Å². The zero-order valence-electron chi connectivity index (χ0n) is 17.1. The van der Waals surface area contributed by atoms with E-state index in [1.165, 1.54) is 24.3 Å². The molecule has 0 unspecified atom stereocenters. The molecule has 172 valence electrons. The molecule has 0 bridgehead atoms. The molecule has 0 spiro atoms. The van der Waals surface area contributed by atoms with Crippen molar-refractivity contribution in [1.82, 2.24) is 10.2 Å². The van der Waals surface area contributed by atoms with Gasteiger partial charge in [0.1, 0.15) is 11.6 Å². The van der Waals surface area contributed by atoms with E-state index in [1.54, 1.807) is 30.3 Å². The van der Waals surface area contributed by atoms with Crippen molar-refractivity contribution in [3.05, 3.63) is 69.8 Å². The summed E-state index contributed by atoms with van der Waals surface area (Å²) in [5.74, 6) is -2.02. The molecule has 1 fully saturated rings. The fourth-order valence-corrected chi connectivity index (χ4v) is 3.63. The van der Waals surface area contributed by atoms with Crippen molar-refractivity contribution in [1.29, 1.82) is 0 Å². The van der Waals surface area contributed by atoms with Crippen LogP contribution >= 0.6 is 23.4 Å². The Balaban J connectivity index is 1.38. The van der Waals surface area contributed by atoms with Crippen molar-refractivity contribution in [2.75, 3.05) is 26.3 Å². The summed E-state index contributed by atoms with van der Waals surface area (Å²) in [5, 5.41) is 2.45. The van der Waals surface area contributed by atoms with E-state index in [4.69, 9.17) is 21.1 Å². The zero-order valence-corrected chi connectivity index (χ0v) is 18.7. The Morgan fingerprint density at radius 3 is 2.55 bits per heavy atom. The summed E-state index contributed by atoms with van der Waals surface area (Å²) < 4.78 is 23.8. The second-order valence-corrected chi connectivity index (χ2v) is 8.04. The molecule has 2 aromatic rings. The minimum absolute atomic E-state index is 0.0390. The lowest BCUT2D eigenvalue weighted by molar-refractivity contribution is -0.150. The number of imide groups is 1. The third kappa shape index (κ3) is 7.06. The molecular weight excluding hydrogens is 475 g/mol. The number of ether oxygens (including phenoxy) is 2. The zero-order chi connectivity index (χ0) is 23.8. The van der Waals surface area contributed by atoms with E-state index in [1.807, 2.05) is 0 Å². The predicted octanol–water partition coefficient (Wildman–Crippen LogP) is 3.25. The maximum absolute atomic E-state index is 13.8. The number of carbonyl (C=O) groups excluding carboxylic acids is 4. The summed E-state index contributed by atoms with van der Waals surface area (Å²) in [6, 6.07) is 12.2. The van der Waals surface area contributed by atoms with Gasteiger partial charge in [0.25, 0.3) is 17.1 Å². The molecule has 0 aliphatic carbocycles. The Morgan fingerprint density at radius 2 is 1.82 bits per heavy atom. The number of nitrogens with zero attached hydrogens (tertiary/aromatic N) is 1. The first-order valence-electron chi connectivity index (χ1n) is 9.64. The van der Waals surface area contributed by atoms with Gasteiger partial charge in [-0.15, -0.1) is 0 Å². The predicted molar refractivity (Wildman–Crippen MR) is 120 cm³/mol. The van der Waals surface area contributed by atoms with Gasteiger partial charge in [0.2, 0.25) is 0 Å². The number of esters is 1. The van der Waals surface area contributed by atoms with E-state index in [0.29, 0.717) is 22.5 Å². The van der Waals surface area contributed by atoms with Gasteiger partial charge in [0, 0.05) is 23.7 Å². The van der Waals surface area contributed by atoms with Crippen LogP contribution < -0.4 is 10.1 Å². The Kier molecular flexibility index (Phi) is 8.45. The van der Waals surface area contributed by atoms with Crippen molar-refractivity contribution in [2.45, 2.75) is 0 Å². The second kappa shape index (κ2) is 11.5. The first-order valence-corrected chi connectivity index (χ1v) is 10.8. The normalized spacial score (nSPS) is 14.5. The highest BCUT2D eigenvalue weighted by molar-refractivity contribution is 8.18. The second-order valence-electron chi connectivity index (χ2n) is 6.61. The summed E-state index contributed by atoms with van der Waals surface area (Å²) in [5.41, 5.74) is 0.193. The largest absolute Gasteiger partial charge is 0.482 e. The Bertz CT molecular complexity index is 1090. The lowest BCUT2D eigenvalue weighted by Crippen LogP contribution is -2.38. The Hall–Kier alpha value is -3.37. The van der Waals surface area contributed by atoms with Crippen LogP contribution in [-0.4, -0.2) is 54.2 Å². The van der Waals surface area contributed by atoms with Crippen LogP contribution in [0.3, 0.4) is 0 Å². The van der Waals surface area contributed by atoms with E-state index in [9.17, 15) is 23.6 Å². The third-order valence-electron chi connectivity index (χ3n) is 4.26. The number of nitrogens with one attached hydrogen (secondary N) is 1. The summed E-state index contributed by atoms with van der Waals surface area (Å²) in [6.07, 6.45) is 1.31. The average Bonchev–Trinajstić information content (AvgIpc) is 3.06. The van der Waals surface area contributed by atoms with Crippen LogP contribution in [0, 0.1) is 5.82 Å². The number of carbonyl (C=O) groups is 4. The number of hydrogen-bond donors (Lipinski definition) is 1. The van der Waals surface area contributed by atoms with E-state index in [2.05, 4.69) is 5.32 Å². The maximum Gasteiger partial charge on any atom is 0.344 e. The van der Waals surface area contributed by atoms with Gasteiger partial charge in [0.15, 0.2) is 13.2 Å². The highest BCUT2D eigenvalue weighted by atomic mass is 35.5. The molecule has 1 aliphatic rings. The molecule has 1 heterocycles. The molecule has 0 atom stereocenters. The lowest BCUT2D eigenvalue weighted by Gasteiger charge is -2.13. The third-order valence-corrected chi connectivity index (χ3v) is 5.42. The molecule has 2 aromatic carbocycles. The fraction of sp³-hybridized carbons (Fsp3) is 0.182. The summed E-state index contributed by atoms with van der Waals surface area (Å²) in [6.45, 7) is -1.06. The molecule has 0 radical (unpaired) electrons. The quantitative estimate of drug-likeness (QED) is 0.423. The minimum Gasteiger partial charge on any atom is -0.482 e. The molecular formula is C22H18ClFN2O6S. The van der Waals surface area contributed by atoms with E-state index in [-0.39, 0.29) is 30.2 Å². The SMILES string of the molecule is O=C(COC(=O)COc1ccc(Cl)cc1)NCCN1C(=O)SC(=Cc2ccccc2F)C1=O. The Morgan fingerprint density at radius 1 is 1.09 bits per heavy atom. The van der Waals surface area contributed by atoms with Crippen molar-refractivity contribution in [2.24, 2.45) is 0 Å². The van der Waals surface area contributed by atoms with E-state index in [0.717, 1.165) is 4.90 Å². The molecule has 3 amide bonds. The number of thioether (sulfide) groups is 1. The molecule has 1 aliphatic heterocycles. The molecule has 0 saturated carbocycles. The first-order chi connectivity index (χ1) is 15.8. The monoisotopic (exact) mass is 492 g/mol. The molecule has 3 rings (SSSR count). The van der Waals surface area contributed by atoms with Crippen molar-refractivity contribution < 1.29 is 33.0 Å². The highest BCUT2D eigenvalue weighted by Crippen LogP contribution is 2.32. The van der Waals surface area contributed by atoms with Crippen LogP contribution in [0.15, 0.2) is 53.4 Å². The fourth-order valence-electron chi connectivity index (χ4n) is 2.65. The van der Waals surface area contributed by atoms with Crippen LogP contribution in [0.2, 0.25) is 5.02 Å². The van der Waals surface area contributed by atoms with Gasteiger partial charge in [-0.1, -0.05) is 29.8 Å². The molecule has 33 heavy (non-hydrogen) atoms. The van der Waals surface area contributed by atoms with Gasteiger partial charge in [-0.25, -0.2) is 9.18 Å². The average molecular weight is 493 g/mol. The van der Waals surface area contributed by atoms with Crippen LogP contribution in [0.25, 0.3) is 6.08 Å². The van der Waals surface area contributed by atoms with Gasteiger partial charge in [-0.05, 0) is 48.2 Å². The number of halogens is 2. The van der Waals surface area contributed by atoms with Gasteiger partial charge in [-0.2, -0.15) is 0 Å². The van der Waals surface area contributed by atoms with Gasteiger partial charge >= 0.3 is 5.97 Å². The van der Waals surface area contributed by atoms with Crippen LogP contribution in [-0.2, 0) is 19.1 Å². The summed E-state index contributed by atoms with van der Waals surface area (Å²) in [7, 11) is 0. The molecule has 0 aromatic heterocycles. The smallest absolute Gasteiger partial charge is 0.344 e. The van der Waals surface area contributed by atoms with Gasteiger partial charge in [0.05, 0.1) is 4.91 Å². The highest BCUT2D eigenvalue weighted by Gasteiger charge is 2.34. The van der Waals surface area contributed by atoms with Gasteiger partial charge < -0.3 is 14.8 Å². The van der Waals surface area contributed by atoms with Gasteiger partial charge in [-0.3, -0.25) is 19.3 Å². The van der Waals surface area contributed by atoms with E-state index < -0.39 is 35.4 Å². The van der Waals surface area contributed by atoms with Crippen LogP contribution in [0.4, 0.5) is 9.18 Å². The number of benzene rings is 2. The summed E-state index contributed by atoms with van der Waals surface area (Å²) >= 11 is 6.45. The van der Waals surface area contributed by atoms with E-state index >= 15 is 0 Å². The summed E-state index contributed by atoms with van der Waals surface area (Å²) in [4.78, 5) is 49.1. The Labute approximate surface area is 197 Å². The van der Waals surface area contributed by atoms with Crippen molar-refractivity contribution in [3.63, 3.8) is 0 Å². The maximum atomic E-state index is 13.8. The van der Waals surface area contributed by atoms with Crippen molar-refractivity contribution in [3.8, 4) is 5.75 Å². The van der Waals surface area contributed by atoms with Crippen LogP contribution in [0.5, 0.6) is 5.75 Å². The molecule has 11 heteroatoms. The molecule has 1 N–H and O–H groups in total. The number of amides is 3. The first kappa shape index (κ1) is 24.3. The lowest BCUT2D eigenvalue weighted by atomic mass is 10.2.